The van der Waals surface area contributed by atoms with Crippen LogP contribution in [0.4, 0.5) is 14.4 Å². The highest BCUT2D eigenvalue weighted by molar-refractivity contribution is 5.75. The predicted molar refractivity (Wildman–Crippen MR) is 95.4 cm³/mol. The monoisotopic (exact) mass is 373 g/mol. The SMILES string of the molecule is CC(C)(C)OC(=O)N1CCN(C(=O)NC2CCCCC2)CC1.O=C(O)O. The second kappa shape index (κ2) is 10.1. The first-order chi connectivity index (χ1) is 12.1. The van der Waals surface area contributed by atoms with Gasteiger partial charge in [0.05, 0.1) is 0 Å². The third-order valence-electron chi connectivity index (χ3n) is 4.15. The van der Waals surface area contributed by atoms with Gasteiger partial charge in [-0.05, 0) is 33.6 Å². The van der Waals surface area contributed by atoms with Crippen LogP contribution in [0.5, 0.6) is 0 Å². The van der Waals surface area contributed by atoms with E-state index in [1.54, 1.807) is 9.80 Å². The Kier molecular flexibility index (Phi) is 8.47. The Morgan fingerprint density at radius 3 is 1.85 bits per heavy atom. The molecule has 0 aromatic carbocycles. The molecular weight excluding hydrogens is 342 g/mol. The minimum Gasteiger partial charge on any atom is -0.450 e. The highest BCUT2D eigenvalue weighted by Crippen LogP contribution is 2.18. The summed E-state index contributed by atoms with van der Waals surface area (Å²) in [6.45, 7) is 7.78. The van der Waals surface area contributed by atoms with Crippen molar-refractivity contribution < 1.29 is 29.3 Å². The summed E-state index contributed by atoms with van der Waals surface area (Å²) in [4.78, 5) is 36.3. The molecular formula is C17H31N3O6. The Labute approximate surface area is 154 Å². The van der Waals surface area contributed by atoms with Gasteiger partial charge in [-0.1, -0.05) is 19.3 Å². The van der Waals surface area contributed by atoms with Crippen LogP contribution < -0.4 is 5.32 Å². The molecule has 9 nitrogen and oxygen atoms in total. The molecule has 2 aliphatic rings. The fraction of sp³-hybridized carbons (Fsp3) is 0.824. The third-order valence-corrected chi connectivity index (χ3v) is 4.15. The number of carbonyl (C=O) groups is 3. The minimum atomic E-state index is -1.83. The molecule has 1 aliphatic heterocycles. The number of hydrogen-bond donors (Lipinski definition) is 3. The van der Waals surface area contributed by atoms with E-state index in [1.165, 1.54) is 19.3 Å². The second-order valence-corrected chi connectivity index (χ2v) is 7.52. The number of urea groups is 1. The fourth-order valence-electron chi connectivity index (χ4n) is 2.93. The summed E-state index contributed by atoms with van der Waals surface area (Å²) in [5.74, 6) is 0. The molecule has 0 radical (unpaired) electrons. The average Bonchev–Trinajstić information content (AvgIpc) is 2.54. The topological polar surface area (TPSA) is 119 Å². The van der Waals surface area contributed by atoms with Crippen LogP contribution in [-0.4, -0.2) is 76.1 Å². The number of rotatable bonds is 1. The molecule has 0 aromatic heterocycles. The van der Waals surface area contributed by atoms with Crippen LogP contribution >= 0.6 is 0 Å². The molecule has 0 atom stereocenters. The summed E-state index contributed by atoms with van der Waals surface area (Å²) in [5, 5.41) is 17.1. The largest absolute Gasteiger partial charge is 0.503 e. The summed E-state index contributed by atoms with van der Waals surface area (Å²) >= 11 is 0. The van der Waals surface area contributed by atoms with Gasteiger partial charge in [0.25, 0.3) is 0 Å². The van der Waals surface area contributed by atoms with E-state index >= 15 is 0 Å². The van der Waals surface area contributed by atoms with Gasteiger partial charge < -0.3 is 30.1 Å². The van der Waals surface area contributed by atoms with Crippen LogP contribution in [-0.2, 0) is 4.74 Å². The Bertz CT molecular complexity index is 473. The highest BCUT2D eigenvalue weighted by Gasteiger charge is 2.28. The van der Waals surface area contributed by atoms with E-state index in [2.05, 4.69) is 5.32 Å². The van der Waals surface area contributed by atoms with Gasteiger partial charge >= 0.3 is 18.3 Å². The van der Waals surface area contributed by atoms with Crippen LogP contribution in [0.2, 0.25) is 0 Å². The van der Waals surface area contributed by atoms with Gasteiger partial charge in [-0.3, -0.25) is 0 Å². The van der Waals surface area contributed by atoms with Gasteiger partial charge in [0.1, 0.15) is 5.60 Å². The molecule has 1 heterocycles. The zero-order valence-electron chi connectivity index (χ0n) is 15.9. The predicted octanol–water partition coefficient (Wildman–Crippen LogP) is 2.80. The average molecular weight is 373 g/mol. The van der Waals surface area contributed by atoms with E-state index in [0.717, 1.165) is 12.8 Å². The number of piperazine rings is 1. The fourth-order valence-corrected chi connectivity index (χ4v) is 2.93. The van der Waals surface area contributed by atoms with Crippen molar-refractivity contribution in [2.24, 2.45) is 0 Å². The molecule has 2 rings (SSSR count). The van der Waals surface area contributed by atoms with E-state index < -0.39 is 11.8 Å². The number of carbonyl (C=O) groups excluding carboxylic acids is 2. The molecule has 0 unspecified atom stereocenters. The van der Waals surface area contributed by atoms with Crippen molar-refractivity contribution in [3.8, 4) is 0 Å². The van der Waals surface area contributed by atoms with Crippen molar-refractivity contribution in [3.63, 3.8) is 0 Å². The van der Waals surface area contributed by atoms with Crippen LogP contribution in [0, 0.1) is 0 Å². The Hall–Kier alpha value is -2.19. The molecule has 3 N–H and O–H groups in total. The molecule has 0 spiro atoms. The second-order valence-electron chi connectivity index (χ2n) is 7.52. The summed E-state index contributed by atoms with van der Waals surface area (Å²) in [6, 6.07) is 0.334. The van der Waals surface area contributed by atoms with E-state index in [0.29, 0.717) is 32.2 Å². The normalized spacial score (nSPS) is 18.4. The van der Waals surface area contributed by atoms with Crippen LogP contribution in [0.1, 0.15) is 52.9 Å². The quantitative estimate of drug-likeness (QED) is 0.650. The van der Waals surface area contributed by atoms with Crippen molar-refractivity contribution in [2.75, 3.05) is 26.2 Å². The molecule has 0 bridgehead atoms. The van der Waals surface area contributed by atoms with Crippen LogP contribution in [0.15, 0.2) is 0 Å². The lowest BCUT2D eigenvalue weighted by molar-refractivity contribution is 0.0168. The first kappa shape index (κ1) is 21.9. The van der Waals surface area contributed by atoms with Gasteiger partial charge in [0.15, 0.2) is 0 Å². The van der Waals surface area contributed by atoms with Gasteiger partial charge in [0, 0.05) is 32.2 Å². The maximum absolute atomic E-state index is 12.3. The van der Waals surface area contributed by atoms with Crippen molar-refractivity contribution in [1.29, 1.82) is 0 Å². The zero-order chi connectivity index (χ0) is 19.7. The Morgan fingerprint density at radius 2 is 1.38 bits per heavy atom. The van der Waals surface area contributed by atoms with Gasteiger partial charge in [-0.2, -0.15) is 0 Å². The van der Waals surface area contributed by atoms with E-state index in [1.807, 2.05) is 20.8 Å². The Balaban J connectivity index is 0.000000765. The van der Waals surface area contributed by atoms with E-state index in [4.69, 9.17) is 19.7 Å². The van der Waals surface area contributed by atoms with Crippen LogP contribution in [0.25, 0.3) is 0 Å². The Morgan fingerprint density at radius 1 is 0.923 bits per heavy atom. The molecule has 1 aliphatic carbocycles. The van der Waals surface area contributed by atoms with Crippen molar-refractivity contribution in [1.82, 2.24) is 15.1 Å². The lowest BCUT2D eigenvalue weighted by Crippen LogP contribution is -2.55. The van der Waals surface area contributed by atoms with E-state index in [-0.39, 0.29) is 12.1 Å². The third kappa shape index (κ3) is 8.77. The summed E-state index contributed by atoms with van der Waals surface area (Å²) in [5.41, 5.74) is -0.480. The molecule has 1 saturated heterocycles. The first-order valence-electron chi connectivity index (χ1n) is 9.04. The maximum Gasteiger partial charge on any atom is 0.503 e. The minimum absolute atomic E-state index is 0.00994. The number of carboxylic acid groups (broad SMARTS) is 2. The van der Waals surface area contributed by atoms with Gasteiger partial charge in [-0.15, -0.1) is 0 Å². The summed E-state index contributed by atoms with van der Waals surface area (Å²) < 4.78 is 5.36. The summed E-state index contributed by atoms with van der Waals surface area (Å²) in [6.07, 6.45) is 3.74. The van der Waals surface area contributed by atoms with E-state index in [9.17, 15) is 9.59 Å². The number of ether oxygens (including phenoxy) is 1. The maximum atomic E-state index is 12.3. The zero-order valence-corrected chi connectivity index (χ0v) is 15.9. The standard InChI is InChI=1S/C16H29N3O3.CH2O3/c1-16(2,3)22-15(21)19-11-9-18(10-12-19)14(20)17-13-7-5-4-6-8-13;2-1(3)4/h13H,4-12H2,1-3H3,(H,17,20);(H2,2,3,4). The van der Waals surface area contributed by atoms with Gasteiger partial charge in [-0.25, -0.2) is 14.4 Å². The molecule has 26 heavy (non-hydrogen) atoms. The molecule has 0 aromatic rings. The van der Waals surface area contributed by atoms with Crippen molar-refractivity contribution in [2.45, 2.75) is 64.5 Å². The molecule has 150 valence electrons. The number of nitrogens with zero attached hydrogens (tertiary/aromatic N) is 2. The van der Waals surface area contributed by atoms with Crippen molar-refractivity contribution >= 4 is 18.3 Å². The number of amides is 3. The van der Waals surface area contributed by atoms with Gasteiger partial charge in [0.2, 0.25) is 0 Å². The smallest absolute Gasteiger partial charge is 0.450 e. The molecule has 2 fully saturated rings. The molecule has 3 amide bonds. The molecule has 9 heteroatoms. The lowest BCUT2D eigenvalue weighted by atomic mass is 9.96. The number of hydrogen-bond acceptors (Lipinski definition) is 4. The highest BCUT2D eigenvalue weighted by atomic mass is 16.6. The lowest BCUT2D eigenvalue weighted by Gasteiger charge is -2.36. The van der Waals surface area contributed by atoms with Crippen molar-refractivity contribution in [3.05, 3.63) is 0 Å². The first-order valence-corrected chi connectivity index (χ1v) is 9.04. The molecule has 1 saturated carbocycles. The summed E-state index contributed by atoms with van der Waals surface area (Å²) in [7, 11) is 0. The number of nitrogens with one attached hydrogen (secondary N) is 1. The van der Waals surface area contributed by atoms with Crippen LogP contribution in [0.3, 0.4) is 0 Å².